The lowest BCUT2D eigenvalue weighted by molar-refractivity contribution is -0.142. The van der Waals surface area contributed by atoms with E-state index >= 15 is 0 Å². The Hall–Kier alpha value is -4.15. The number of rotatable bonds is 14. The molecule has 0 saturated carbocycles. The van der Waals surface area contributed by atoms with Gasteiger partial charge in [-0.1, -0.05) is 51.0 Å². The van der Waals surface area contributed by atoms with Crippen LogP contribution < -0.4 is 9.47 Å². The third-order valence-corrected chi connectivity index (χ3v) is 5.68. The first kappa shape index (κ1) is 36.8. The zero-order chi connectivity index (χ0) is 31.2. The Bertz CT molecular complexity index is 1090. The van der Waals surface area contributed by atoms with Crippen LogP contribution in [0.1, 0.15) is 57.1 Å². The molecule has 2 aromatic rings. The second kappa shape index (κ2) is 21.6. The molecule has 10 nitrogen and oxygen atoms in total. The Morgan fingerprint density at radius 2 is 1.37 bits per heavy atom. The van der Waals surface area contributed by atoms with Gasteiger partial charge in [-0.2, -0.15) is 0 Å². The summed E-state index contributed by atoms with van der Waals surface area (Å²) >= 11 is 0. The molecule has 2 rings (SSSR count). The van der Waals surface area contributed by atoms with Crippen molar-refractivity contribution < 1.29 is 49.4 Å². The van der Waals surface area contributed by atoms with Crippen molar-refractivity contribution in [1.29, 1.82) is 0 Å². The first-order chi connectivity index (χ1) is 19.5. The van der Waals surface area contributed by atoms with Crippen molar-refractivity contribution in [2.45, 2.75) is 52.1 Å². The number of carboxylic acids is 3. The number of ether oxygens (including phenoxy) is 2. The van der Waals surface area contributed by atoms with E-state index in [2.05, 4.69) is 6.92 Å². The second-order valence-electron chi connectivity index (χ2n) is 8.82. The van der Waals surface area contributed by atoms with E-state index in [1.54, 1.807) is 62.8 Å². The van der Waals surface area contributed by atoms with Crippen LogP contribution in [0.25, 0.3) is 12.2 Å². The predicted molar refractivity (Wildman–Crippen MR) is 157 cm³/mol. The maximum atomic E-state index is 11.0. The Labute approximate surface area is 241 Å². The molecule has 0 aliphatic heterocycles. The van der Waals surface area contributed by atoms with Crippen LogP contribution in [-0.4, -0.2) is 70.4 Å². The predicted octanol–water partition coefficient (Wildman–Crippen LogP) is 4.99. The molecule has 0 heterocycles. The van der Waals surface area contributed by atoms with Crippen molar-refractivity contribution in [2.24, 2.45) is 5.92 Å². The maximum absolute atomic E-state index is 11.0. The lowest BCUT2D eigenvalue weighted by Crippen LogP contribution is -2.16. The molecular weight excluding hydrogens is 532 g/mol. The fourth-order valence-corrected chi connectivity index (χ4v) is 3.26. The summed E-state index contributed by atoms with van der Waals surface area (Å²) in [4.78, 5) is 31.6. The molecule has 0 saturated heterocycles. The van der Waals surface area contributed by atoms with E-state index in [1.807, 2.05) is 6.92 Å². The zero-order valence-corrected chi connectivity index (χ0v) is 24.0. The molecule has 226 valence electrons. The van der Waals surface area contributed by atoms with Gasteiger partial charge < -0.3 is 35.0 Å². The number of aliphatic carboxylic acids is 3. The lowest BCUT2D eigenvalue weighted by atomic mass is 10.00. The topological polar surface area (TPSA) is 171 Å². The van der Waals surface area contributed by atoms with Gasteiger partial charge in [-0.25, -0.2) is 9.59 Å². The lowest BCUT2D eigenvalue weighted by Gasteiger charge is -2.08. The van der Waals surface area contributed by atoms with Crippen LogP contribution in [0.2, 0.25) is 0 Å². The minimum atomic E-state index is -1.11. The minimum absolute atomic E-state index is 0.0433. The largest absolute Gasteiger partial charge is 0.497 e. The number of aliphatic hydroxyl groups is 2. The molecule has 0 fully saturated rings. The molecule has 2 aromatic carbocycles. The van der Waals surface area contributed by atoms with E-state index in [9.17, 15) is 19.5 Å². The fraction of sp³-hybridized carbons (Fsp3) is 0.387. The number of methoxy groups -OCH3 is 2. The first-order valence-corrected chi connectivity index (χ1v) is 13.2. The van der Waals surface area contributed by atoms with Gasteiger partial charge >= 0.3 is 17.9 Å². The van der Waals surface area contributed by atoms with Gasteiger partial charge in [0.25, 0.3) is 0 Å². The number of carbonyl (C=O) groups is 3. The van der Waals surface area contributed by atoms with E-state index in [0.717, 1.165) is 43.1 Å². The number of carboxylic acid groups (broad SMARTS) is 3. The Morgan fingerprint density at radius 1 is 0.854 bits per heavy atom. The number of aliphatic hydroxyl groups excluding tert-OH is 2. The molecule has 0 radical (unpaired) electrons. The molecule has 41 heavy (non-hydrogen) atoms. The van der Waals surface area contributed by atoms with Gasteiger partial charge in [0, 0.05) is 18.1 Å². The standard InChI is InChI=1S/C13H16O5.C10H10O3.C8H16O2/c1-18-12-4-2-9(3-5-12)6-10(13(16)17)7-11(15)8-14;1-13-9-5-2-8(3-6-9)4-7-10(11)12;1-3-5-6-7(4-2)8(9)10/h2-6,11,14-15H,7-8H2,1H3,(H,16,17);2-7H,1H3,(H,11,12);7H,3-6H2,1-2H3,(H,9,10). The summed E-state index contributed by atoms with van der Waals surface area (Å²) in [6.07, 6.45) is 6.64. The van der Waals surface area contributed by atoms with Crippen LogP contribution in [-0.2, 0) is 14.4 Å². The quantitative estimate of drug-likeness (QED) is 0.194. The normalized spacial score (nSPS) is 12.2. The molecule has 0 aromatic heterocycles. The Balaban J connectivity index is 0.000000615. The molecule has 2 unspecified atom stereocenters. The summed E-state index contributed by atoms with van der Waals surface area (Å²) in [5, 5.41) is 43.9. The molecule has 0 aliphatic rings. The third-order valence-electron chi connectivity index (χ3n) is 5.68. The van der Waals surface area contributed by atoms with Crippen molar-refractivity contribution in [2.75, 3.05) is 20.8 Å². The van der Waals surface area contributed by atoms with Crippen molar-refractivity contribution in [3.8, 4) is 11.5 Å². The van der Waals surface area contributed by atoms with E-state index < -0.39 is 30.6 Å². The van der Waals surface area contributed by atoms with Crippen LogP contribution in [0.4, 0.5) is 0 Å². The zero-order valence-electron chi connectivity index (χ0n) is 24.0. The highest BCUT2D eigenvalue weighted by atomic mass is 16.5. The van der Waals surface area contributed by atoms with Crippen LogP contribution >= 0.6 is 0 Å². The van der Waals surface area contributed by atoms with Crippen molar-refractivity contribution in [3.63, 3.8) is 0 Å². The van der Waals surface area contributed by atoms with Gasteiger partial charge in [0.15, 0.2) is 0 Å². The summed E-state index contributed by atoms with van der Waals surface area (Å²) in [5.74, 6) is -1.38. The van der Waals surface area contributed by atoms with Crippen LogP contribution in [0.3, 0.4) is 0 Å². The van der Waals surface area contributed by atoms with E-state index in [4.69, 9.17) is 29.9 Å². The van der Waals surface area contributed by atoms with E-state index in [0.29, 0.717) is 11.3 Å². The number of unbranched alkanes of at least 4 members (excludes halogenated alkanes) is 1. The second-order valence-corrected chi connectivity index (χ2v) is 8.82. The number of benzene rings is 2. The molecule has 2 atom stereocenters. The summed E-state index contributed by atoms with van der Waals surface area (Å²) in [6.45, 7) is 3.54. The highest BCUT2D eigenvalue weighted by Gasteiger charge is 2.13. The Morgan fingerprint density at radius 3 is 1.73 bits per heavy atom. The van der Waals surface area contributed by atoms with Gasteiger partial charge in [-0.3, -0.25) is 4.79 Å². The molecule has 0 spiro atoms. The highest BCUT2D eigenvalue weighted by molar-refractivity contribution is 5.92. The summed E-state index contributed by atoms with van der Waals surface area (Å²) in [5.41, 5.74) is 1.57. The van der Waals surface area contributed by atoms with Crippen LogP contribution in [0.5, 0.6) is 11.5 Å². The van der Waals surface area contributed by atoms with Crippen LogP contribution in [0, 0.1) is 5.92 Å². The summed E-state index contributed by atoms with van der Waals surface area (Å²) in [7, 11) is 3.13. The smallest absolute Gasteiger partial charge is 0.331 e. The monoisotopic (exact) mass is 574 g/mol. The van der Waals surface area contributed by atoms with E-state index in [-0.39, 0.29) is 17.9 Å². The van der Waals surface area contributed by atoms with Crippen LogP contribution in [0.15, 0.2) is 60.2 Å². The maximum Gasteiger partial charge on any atom is 0.331 e. The number of hydrogen-bond donors (Lipinski definition) is 5. The molecule has 0 amide bonds. The molecular formula is C31H42O10. The first-order valence-electron chi connectivity index (χ1n) is 13.2. The minimum Gasteiger partial charge on any atom is -0.497 e. The van der Waals surface area contributed by atoms with Crippen molar-refractivity contribution in [1.82, 2.24) is 0 Å². The average molecular weight is 575 g/mol. The molecule has 5 N–H and O–H groups in total. The van der Waals surface area contributed by atoms with Crippen molar-refractivity contribution >= 4 is 30.1 Å². The molecule has 0 bridgehead atoms. The summed E-state index contributed by atoms with van der Waals surface area (Å²) in [6, 6.07) is 14.0. The Kier molecular flexibility index (Phi) is 19.5. The van der Waals surface area contributed by atoms with Gasteiger partial charge in [0.1, 0.15) is 11.5 Å². The molecule has 0 aliphatic carbocycles. The SMILES string of the molecule is CCCCC(CC)C(=O)O.COc1ccc(C=C(CC(O)CO)C(=O)O)cc1.COc1ccc(C=CC(=O)O)cc1. The van der Waals surface area contributed by atoms with Gasteiger partial charge in [0.05, 0.1) is 32.8 Å². The molecule has 10 heteroatoms. The van der Waals surface area contributed by atoms with Crippen molar-refractivity contribution in [3.05, 3.63) is 71.3 Å². The fourth-order valence-electron chi connectivity index (χ4n) is 3.26. The van der Waals surface area contributed by atoms with Gasteiger partial charge in [-0.05, 0) is 60.4 Å². The van der Waals surface area contributed by atoms with Gasteiger partial charge in [0.2, 0.25) is 0 Å². The average Bonchev–Trinajstić information content (AvgIpc) is 2.97. The third kappa shape index (κ3) is 17.2. The van der Waals surface area contributed by atoms with E-state index in [1.165, 1.54) is 12.2 Å². The summed E-state index contributed by atoms with van der Waals surface area (Å²) < 4.78 is 9.95. The van der Waals surface area contributed by atoms with Gasteiger partial charge in [-0.15, -0.1) is 0 Å². The number of hydrogen-bond acceptors (Lipinski definition) is 7. The highest BCUT2D eigenvalue weighted by Crippen LogP contribution is 2.16.